The van der Waals surface area contributed by atoms with Crippen LogP contribution >= 0.6 is 0 Å². The van der Waals surface area contributed by atoms with Crippen molar-refractivity contribution >= 4 is 10.1 Å². The summed E-state index contributed by atoms with van der Waals surface area (Å²) in [5.41, 5.74) is 0. The molecule has 10 nitrogen and oxygen atoms in total. The Bertz CT molecular complexity index is 419. The number of rotatable bonds is 24. The third-order valence-corrected chi connectivity index (χ3v) is 3.70. The van der Waals surface area contributed by atoms with Gasteiger partial charge in [-0.05, 0) is 6.42 Å². The molecule has 29 heavy (non-hydrogen) atoms. The SMILES string of the molecule is CCCOCCOCCOCCOCCOCCOCCOCCOS(C)(=O)=O. The summed E-state index contributed by atoms with van der Waals surface area (Å²) in [6, 6.07) is 0. The van der Waals surface area contributed by atoms with Gasteiger partial charge in [-0.2, -0.15) is 8.42 Å². The Balaban J connectivity index is 3.03. The van der Waals surface area contributed by atoms with E-state index in [-0.39, 0.29) is 13.2 Å². The van der Waals surface area contributed by atoms with E-state index in [2.05, 4.69) is 11.1 Å². The molecule has 0 radical (unpaired) electrons. The first-order chi connectivity index (χ1) is 14.1. The molecule has 0 amide bonds. The molecule has 176 valence electrons. The minimum atomic E-state index is -3.40. The Morgan fingerprint density at radius 1 is 0.448 bits per heavy atom. The van der Waals surface area contributed by atoms with Crippen LogP contribution in [0.2, 0.25) is 0 Å². The molecule has 11 heteroatoms. The fourth-order valence-corrected chi connectivity index (χ4v) is 2.18. The van der Waals surface area contributed by atoms with Crippen LogP contribution in [0.3, 0.4) is 0 Å². The van der Waals surface area contributed by atoms with E-state index in [1.807, 2.05) is 0 Å². The molecule has 0 aromatic carbocycles. The smallest absolute Gasteiger partial charge is 0.264 e. The Morgan fingerprint density at radius 2 is 0.690 bits per heavy atom. The Kier molecular flexibility index (Phi) is 22.0. The molecule has 0 aromatic rings. The highest BCUT2D eigenvalue weighted by Crippen LogP contribution is 1.88. The summed E-state index contributed by atoms with van der Waals surface area (Å²) < 4.78 is 63.2. The van der Waals surface area contributed by atoms with E-state index in [4.69, 9.17) is 33.2 Å². The molecule has 0 saturated heterocycles. The summed E-state index contributed by atoms with van der Waals surface area (Å²) in [5.74, 6) is 0. The van der Waals surface area contributed by atoms with Crippen LogP contribution in [-0.4, -0.2) is 114 Å². The first-order valence-electron chi connectivity index (χ1n) is 9.95. The fraction of sp³-hybridized carbons (Fsp3) is 1.00. The van der Waals surface area contributed by atoms with Crippen LogP contribution in [0.4, 0.5) is 0 Å². The van der Waals surface area contributed by atoms with E-state index < -0.39 is 10.1 Å². The van der Waals surface area contributed by atoms with Crippen molar-refractivity contribution in [1.82, 2.24) is 0 Å². The van der Waals surface area contributed by atoms with E-state index >= 15 is 0 Å². The fourth-order valence-electron chi connectivity index (χ4n) is 1.81. The van der Waals surface area contributed by atoms with Gasteiger partial charge >= 0.3 is 0 Å². The number of hydrogen-bond acceptors (Lipinski definition) is 10. The standard InChI is InChI=1S/C18H38O10S/c1-3-4-21-5-6-22-7-8-23-9-10-24-11-12-25-13-14-26-15-16-27-17-18-28-29(2,19)20/h3-18H2,1-2H3. The Hall–Kier alpha value is -0.370. The lowest BCUT2D eigenvalue weighted by molar-refractivity contribution is -0.0211. The summed E-state index contributed by atoms with van der Waals surface area (Å²) in [4.78, 5) is 0. The zero-order valence-corrected chi connectivity index (χ0v) is 18.6. The van der Waals surface area contributed by atoms with Gasteiger partial charge in [0.2, 0.25) is 0 Å². The molecule has 0 rings (SSSR count). The summed E-state index contributed by atoms with van der Waals surface area (Å²) in [6.07, 6.45) is 2.02. The predicted octanol–water partition coefficient (Wildman–Crippen LogP) is 0.489. The summed E-state index contributed by atoms with van der Waals surface area (Å²) in [6.45, 7) is 9.09. The molecule has 0 aromatic heterocycles. The molecule has 0 atom stereocenters. The van der Waals surface area contributed by atoms with Crippen molar-refractivity contribution in [2.75, 3.05) is 105 Å². The minimum Gasteiger partial charge on any atom is -0.379 e. The molecule has 0 aliphatic heterocycles. The van der Waals surface area contributed by atoms with Crippen LogP contribution in [0, 0.1) is 0 Å². The molecule has 0 fully saturated rings. The van der Waals surface area contributed by atoms with Gasteiger partial charge in [-0.1, -0.05) is 6.92 Å². The predicted molar refractivity (Wildman–Crippen MR) is 107 cm³/mol. The molecule has 0 unspecified atom stereocenters. The highest BCUT2D eigenvalue weighted by atomic mass is 32.2. The van der Waals surface area contributed by atoms with Crippen LogP contribution in [0.25, 0.3) is 0 Å². The summed E-state index contributed by atoms with van der Waals surface area (Å²) >= 11 is 0. The molecule has 0 saturated carbocycles. The number of hydrogen-bond donors (Lipinski definition) is 0. The second-order valence-electron chi connectivity index (χ2n) is 5.81. The van der Waals surface area contributed by atoms with Crippen molar-refractivity contribution in [3.05, 3.63) is 0 Å². The highest BCUT2D eigenvalue weighted by Gasteiger charge is 2.00. The van der Waals surface area contributed by atoms with Crippen LogP contribution in [-0.2, 0) is 47.5 Å². The molecule has 0 bridgehead atoms. The van der Waals surface area contributed by atoms with E-state index in [1.54, 1.807) is 0 Å². The van der Waals surface area contributed by atoms with Crippen LogP contribution in [0.5, 0.6) is 0 Å². The monoisotopic (exact) mass is 446 g/mol. The Morgan fingerprint density at radius 3 is 0.931 bits per heavy atom. The maximum absolute atomic E-state index is 10.7. The second-order valence-corrected chi connectivity index (χ2v) is 7.46. The number of ether oxygens (including phenoxy) is 7. The largest absolute Gasteiger partial charge is 0.379 e. The maximum atomic E-state index is 10.7. The van der Waals surface area contributed by atoms with Crippen molar-refractivity contribution in [2.24, 2.45) is 0 Å². The third-order valence-electron chi connectivity index (χ3n) is 3.11. The van der Waals surface area contributed by atoms with Gasteiger partial charge < -0.3 is 33.2 Å². The first-order valence-corrected chi connectivity index (χ1v) is 11.8. The van der Waals surface area contributed by atoms with E-state index in [9.17, 15) is 8.42 Å². The van der Waals surface area contributed by atoms with Gasteiger partial charge in [-0.25, -0.2) is 0 Å². The highest BCUT2D eigenvalue weighted by molar-refractivity contribution is 7.85. The molecular weight excluding hydrogens is 408 g/mol. The van der Waals surface area contributed by atoms with Crippen molar-refractivity contribution < 1.29 is 45.8 Å². The molecule has 0 aliphatic rings. The van der Waals surface area contributed by atoms with E-state index in [0.29, 0.717) is 79.3 Å². The Labute approximate surface area is 175 Å². The average Bonchev–Trinajstić information content (AvgIpc) is 2.67. The van der Waals surface area contributed by atoms with Crippen molar-refractivity contribution in [2.45, 2.75) is 13.3 Å². The molecule has 0 aliphatic carbocycles. The summed E-state index contributed by atoms with van der Waals surface area (Å²) in [5, 5.41) is 0. The van der Waals surface area contributed by atoms with Crippen LogP contribution in [0.15, 0.2) is 0 Å². The zero-order chi connectivity index (χ0) is 21.5. The van der Waals surface area contributed by atoms with Gasteiger partial charge in [0, 0.05) is 6.61 Å². The van der Waals surface area contributed by atoms with Crippen molar-refractivity contribution in [1.29, 1.82) is 0 Å². The van der Waals surface area contributed by atoms with Gasteiger partial charge in [-0.3, -0.25) is 4.18 Å². The molecule has 0 spiro atoms. The van der Waals surface area contributed by atoms with E-state index in [1.165, 1.54) is 0 Å². The van der Waals surface area contributed by atoms with Crippen LogP contribution in [0.1, 0.15) is 13.3 Å². The van der Waals surface area contributed by atoms with Gasteiger partial charge in [0.15, 0.2) is 0 Å². The molecule has 0 N–H and O–H groups in total. The third kappa shape index (κ3) is 27.6. The summed E-state index contributed by atoms with van der Waals surface area (Å²) in [7, 11) is -3.40. The lowest BCUT2D eigenvalue weighted by atomic mass is 10.5. The van der Waals surface area contributed by atoms with Crippen molar-refractivity contribution in [3.63, 3.8) is 0 Å². The van der Waals surface area contributed by atoms with Gasteiger partial charge in [0.05, 0.1) is 98.8 Å². The first kappa shape index (κ1) is 28.6. The van der Waals surface area contributed by atoms with Crippen LogP contribution < -0.4 is 0 Å². The second kappa shape index (κ2) is 22.3. The van der Waals surface area contributed by atoms with Gasteiger partial charge in [0.25, 0.3) is 10.1 Å². The topological polar surface area (TPSA) is 108 Å². The van der Waals surface area contributed by atoms with E-state index in [0.717, 1.165) is 19.3 Å². The minimum absolute atomic E-state index is 0.00924. The molecular formula is C18H38O10S. The average molecular weight is 447 g/mol. The zero-order valence-electron chi connectivity index (χ0n) is 17.8. The lowest BCUT2D eigenvalue weighted by Crippen LogP contribution is -2.15. The lowest BCUT2D eigenvalue weighted by Gasteiger charge is -2.08. The maximum Gasteiger partial charge on any atom is 0.264 e. The van der Waals surface area contributed by atoms with Crippen molar-refractivity contribution in [3.8, 4) is 0 Å². The molecule has 0 heterocycles. The van der Waals surface area contributed by atoms with Gasteiger partial charge in [-0.15, -0.1) is 0 Å². The quantitative estimate of drug-likeness (QED) is 0.153. The van der Waals surface area contributed by atoms with Gasteiger partial charge in [0.1, 0.15) is 0 Å². The normalized spacial score (nSPS) is 11.9.